The van der Waals surface area contributed by atoms with E-state index in [9.17, 15) is 17.3 Å². The van der Waals surface area contributed by atoms with Gasteiger partial charge < -0.3 is 23.0 Å². The van der Waals surface area contributed by atoms with Gasteiger partial charge in [0.05, 0.1) is 6.54 Å². The van der Waals surface area contributed by atoms with Gasteiger partial charge in [-0.2, -0.15) is 0 Å². The largest absolute Gasteiger partial charge is 0.673 e. The van der Waals surface area contributed by atoms with Crippen LogP contribution in [-0.4, -0.2) is 13.8 Å². The summed E-state index contributed by atoms with van der Waals surface area (Å²) in [5.41, 5.74) is 3.73. The van der Waals surface area contributed by atoms with Gasteiger partial charge in [-0.25, -0.2) is 0 Å². The first kappa shape index (κ1) is 13.3. The second-order valence-corrected chi connectivity index (χ2v) is 2.53. The molecule has 0 aromatic rings. The molecule has 11 heavy (non-hydrogen) atoms. The zero-order chi connectivity index (χ0) is 9.49. The van der Waals surface area contributed by atoms with Crippen LogP contribution >= 0.6 is 0 Å². The van der Waals surface area contributed by atoms with Crippen LogP contribution < -0.4 is 5.73 Å². The summed E-state index contributed by atoms with van der Waals surface area (Å²) < 4.78 is 39.0. The van der Waals surface area contributed by atoms with E-state index in [0.717, 1.165) is 12.5 Å². The fraction of sp³-hybridized carbons (Fsp3) is 1.00. The van der Waals surface area contributed by atoms with Gasteiger partial charge in [0.15, 0.2) is 0 Å². The van der Waals surface area contributed by atoms with Gasteiger partial charge in [0.25, 0.3) is 0 Å². The number of hydrogen-bond donors (Lipinski definition) is 1. The summed E-state index contributed by atoms with van der Waals surface area (Å²) in [6.45, 7) is 5.51. The number of rotatable bonds is 2. The predicted octanol–water partition coefficient (Wildman–Crippen LogP) is 1.57. The first-order valence-electron chi connectivity index (χ1n) is 3.44. The summed E-state index contributed by atoms with van der Waals surface area (Å²) in [4.78, 5) is 0. The van der Waals surface area contributed by atoms with Crippen molar-refractivity contribution in [2.75, 3.05) is 6.54 Å². The van der Waals surface area contributed by atoms with Crippen molar-refractivity contribution in [1.82, 2.24) is 0 Å². The molecule has 0 radical (unpaired) electrons. The lowest BCUT2D eigenvalue weighted by Gasteiger charge is -1.94. The molecule has 3 N–H and O–H groups in total. The second-order valence-electron chi connectivity index (χ2n) is 2.53. The van der Waals surface area contributed by atoms with Crippen LogP contribution in [0.5, 0.6) is 0 Å². The molecule has 0 bridgehead atoms. The SMILES string of the molecule is CC(C)CC[NH3+].F[B-](F)(F)F. The van der Waals surface area contributed by atoms with E-state index in [2.05, 4.69) is 19.6 Å². The minimum atomic E-state index is -6.00. The predicted molar refractivity (Wildman–Crippen MR) is 37.4 cm³/mol. The highest BCUT2D eigenvalue weighted by molar-refractivity contribution is 6.50. The number of quaternary nitrogens is 1. The Labute approximate surface area is 64.1 Å². The van der Waals surface area contributed by atoms with Crippen molar-refractivity contribution in [1.29, 1.82) is 0 Å². The molecule has 0 aliphatic rings. The summed E-state index contributed by atoms with van der Waals surface area (Å²) in [5, 5.41) is 0. The summed E-state index contributed by atoms with van der Waals surface area (Å²) >= 11 is 0. The maximum atomic E-state index is 9.75. The van der Waals surface area contributed by atoms with E-state index in [4.69, 9.17) is 0 Å². The van der Waals surface area contributed by atoms with Crippen molar-refractivity contribution in [2.24, 2.45) is 5.92 Å². The molecule has 0 unspecified atom stereocenters. The summed E-state index contributed by atoms with van der Waals surface area (Å²) in [6.07, 6.45) is 1.26. The first-order valence-corrected chi connectivity index (χ1v) is 3.44. The molecule has 0 fully saturated rings. The minimum Gasteiger partial charge on any atom is -0.418 e. The first-order chi connectivity index (χ1) is 4.77. The van der Waals surface area contributed by atoms with Crippen LogP contribution in [0.4, 0.5) is 17.3 Å². The van der Waals surface area contributed by atoms with Crippen LogP contribution in [0.3, 0.4) is 0 Å². The third-order valence-electron chi connectivity index (χ3n) is 0.781. The van der Waals surface area contributed by atoms with Crippen LogP contribution in [0.2, 0.25) is 0 Å². The fourth-order valence-corrected chi connectivity index (χ4v) is 0.408. The third-order valence-corrected chi connectivity index (χ3v) is 0.781. The average Bonchev–Trinajstić information content (AvgIpc) is 1.58. The van der Waals surface area contributed by atoms with Crippen molar-refractivity contribution in [3.8, 4) is 0 Å². The lowest BCUT2D eigenvalue weighted by molar-refractivity contribution is -0.369. The molecule has 0 saturated carbocycles. The molecule has 6 heteroatoms. The Kier molecular flexibility index (Phi) is 7.83. The normalized spacial score (nSPS) is 10.9. The molecule has 0 atom stereocenters. The Hall–Kier alpha value is -0.255. The van der Waals surface area contributed by atoms with Crippen LogP contribution in [0, 0.1) is 5.92 Å². The van der Waals surface area contributed by atoms with Gasteiger partial charge >= 0.3 is 7.25 Å². The minimum absolute atomic E-state index is 0.836. The summed E-state index contributed by atoms with van der Waals surface area (Å²) in [5.74, 6) is 0.836. The van der Waals surface area contributed by atoms with E-state index in [1.165, 1.54) is 6.42 Å². The molecular weight excluding hydrogens is 161 g/mol. The molecule has 0 heterocycles. The topological polar surface area (TPSA) is 27.6 Å². The fourth-order valence-electron chi connectivity index (χ4n) is 0.408. The Morgan fingerprint density at radius 2 is 1.45 bits per heavy atom. The van der Waals surface area contributed by atoms with Crippen LogP contribution in [0.25, 0.3) is 0 Å². The molecule has 0 aliphatic carbocycles. The Balaban J connectivity index is 0. The quantitative estimate of drug-likeness (QED) is 0.487. The molecule has 0 spiro atoms. The molecule has 0 aliphatic heterocycles. The highest BCUT2D eigenvalue weighted by atomic mass is 19.5. The lowest BCUT2D eigenvalue weighted by atomic mass is 10.1. The Morgan fingerprint density at radius 3 is 1.45 bits per heavy atom. The highest BCUT2D eigenvalue weighted by Gasteiger charge is 2.20. The van der Waals surface area contributed by atoms with Crippen molar-refractivity contribution in [3.05, 3.63) is 0 Å². The van der Waals surface area contributed by atoms with Crippen molar-refractivity contribution < 1.29 is 23.0 Å². The molecule has 0 aromatic heterocycles. The van der Waals surface area contributed by atoms with Gasteiger partial charge in [-0.15, -0.1) is 0 Å². The number of hydrogen-bond acceptors (Lipinski definition) is 0. The van der Waals surface area contributed by atoms with Gasteiger partial charge in [0, 0.05) is 0 Å². The van der Waals surface area contributed by atoms with E-state index < -0.39 is 7.25 Å². The van der Waals surface area contributed by atoms with Gasteiger partial charge in [0.1, 0.15) is 0 Å². The Morgan fingerprint density at radius 1 is 1.18 bits per heavy atom. The van der Waals surface area contributed by atoms with Gasteiger partial charge in [-0.05, 0) is 12.3 Å². The zero-order valence-electron chi connectivity index (χ0n) is 6.79. The van der Waals surface area contributed by atoms with Gasteiger partial charge in [0.2, 0.25) is 0 Å². The highest BCUT2D eigenvalue weighted by Crippen LogP contribution is 2.06. The molecule has 70 valence electrons. The standard InChI is InChI=1S/C5H13N.BF4/c1-5(2)3-4-6;2-1(3,4)5/h5H,3-4,6H2,1-2H3;/q;-1/p+1. The maximum absolute atomic E-state index is 9.75. The van der Waals surface area contributed by atoms with Gasteiger partial charge in [-0.1, -0.05) is 13.8 Å². The van der Waals surface area contributed by atoms with E-state index in [-0.39, 0.29) is 0 Å². The molecule has 0 rings (SSSR count). The van der Waals surface area contributed by atoms with Crippen molar-refractivity contribution >= 4 is 7.25 Å². The van der Waals surface area contributed by atoms with Crippen molar-refractivity contribution in [3.63, 3.8) is 0 Å². The smallest absolute Gasteiger partial charge is 0.418 e. The average molecular weight is 175 g/mol. The van der Waals surface area contributed by atoms with E-state index in [1.54, 1.807) is 0 Å². The van der Waals surface area contributed by atoms with Crippen LogP contribution in [0.1, 0.15) is 20.3 Å². The van der Waals surface area contributed by atoms with E-state index in [0.29, 0.717) is 0 Å². The maximum Gasteiger partial charge on any atom is 0.673 e. The number of halogens is 4. The molecule has 1 nitrogen and oxygen atoms in total. The van der Waals surface area contributed by atoms with Crippen molar-refractivity contribution in [2.45, 2.75) is 20.3 Å². The van der Waals surface area contributed by atoms with Crippen LogP contribution in [-0.2, 0) is 0 Å². The summed E-state index contributed by atoms with van der Waals surface area (Å²) in [6, 6.07) is 0. The molecule has 0 aromatic carbocycles. The molecular formula is C5H14BF4N. The molecule has 0 amide bonds. The monoisotopic (exact) mass is 175 g/mol. The Bertz CT molecular complexity index is 77.0. The summed E-state index contributed by atoms with van der Waals surface area (Å²) in [7, 11) is -6.00. The molecule has 0 saturated heterocycles. The second kappa shape index (κ2) is 6.45. The van der Waals surface area contributed by atoms with E-state index in [1.807, 2.05) is 0 Å². The zero-order valence-corrected chi connectivity index (χ0v) is 6.79. The van der Waals surface area contributed by atoms with Crippen LogP contribution in [0.15, 0.2) is 0 Å². The third kappa shape index (κ3) is 77.6. The lowest BCUT2D eigenvalue weighted by Crippen LogP contribution is -2.50. The van der Waals surface area contributed by atoms with E-state index >= 15 is 0 Å². The van der Waals surface area contributed by atoms with Gasteiger partial charge in [-0.3, -0.25) is 0 Å².